The fourth-order valence-electron chi connectivity index (χ4n) is 2.42. The Bertz CT molecular complexity index is 754. The van der Waals surface area contributed by atoms with Gasteiger partial charge in [0.25, 0.3) is 5.91 Å². The minimum absolute atomic E-state index is 0.116. The van der Waals surface area contributed by atoms with Gasteiger partial charge in [-0.3, -0.25) is 9.89 Å². The van der Waals surface area contributed by atoms with Crippen LogP contribution in [0.5, 0.6) is 0 Å². The Morgan fingerprint density at radius 3 is 2.83 bits per heavy atom. The maximum absolute atomic E-state index is 13.2. The van der Waals surface area contributed by atoms with Crippen LogP contribution in [0.3, 0.4) is 0 Å². The summed E-state index contributed by atoms with van der Waals surface area (Å²) in [5.41, 5.74) is 0.0474. The molecule has 0 aliphatic carbocycles. The normalized spacial score (nSPS) is 14.4. The molecule has 0 fully saturated rings. The summed E-state index contributed by atoms with van der Waals surface area (Å²) < 4.78 is 51.3. The first-order valence-corrected chi connectivity index (χ1v) is 6.81. The van der Waals surface area contributed by atoms with E-state index in [1.54, 1.807) is 0 Å². The predicted molar refractivity (Wildman–Crippen MR) is 73.4 cm³/mol. The molecule has 0 unspecified atom stereocenters. The highest BCUT2D eigenvalue weighted by Gasteiger charge is 2.34. The van der Waals surface area contributed by atoms with Crippen molar-refractivity contribution >= 4 is 11.6 Å². The first-order chi connectivity index (χ1) is 10.9. The molecule has 1 aromatic carbocycles. The summed E-state index contributed by atoms with van der Waals surface area (Å²) in [5, 5.41) is 12.1. The van der Waals surface area contributed by atoms with E-state index in [-0.39, 0.29) is 11.4 Å². The Kier molecular flexibility index (Phi) is 3.80. The zero-order chi connectivity index (χ0) is 16.6. The molecule has 1 amide bonds. The van der Waals surface area contributed by atoms with Gasteiger partial charge in [-0.05, 0) is 18.2 Å². The van der Waals surface area contributed by atoms with Crippen LogP contribution in [0.1, 0.15) is 27.3 Å². The highest BCUT2D eigenvalue weighted by molar-refractivity contribution is 6.04. The molecule has 2 heterocycles. The molecular formula is C14H12F4N4O. The number of carbonyl (C=O) groups is 1. The summed E-state index contributed by atoms with van der Waals surface area (Å²) in [4.78, 5) is 12.2. The molecule has 0 atom stereocenters. The van der Waals surface area contributed by atoms with Gasteiger partial charge in [0.15, 0.2) is 5.69 Å². The Morgan fingerprint density at radius 2 is 2.09 bits per heavy atom. The van der Waals surface area contributed by atoms with Crippen LogP contribution in [0.4, 0.5) is 23.2 Å². The Labute approximate surface area is 128 Å². The van der Waals surface area contributed by atoms with E-state index in [0.717, 1.165) is 18.3 Å². The molecule has 0 radical (unpaired) electrons. The number of aromatic amines is 1. The van der Waals surface area contributed by atoms with Crippen molar-refractivity contribution in [2.24, 2.45) is 0 Å². The first kappa shape index (κ1) is 15.5. The number of alkyl halides is 3. The maximum atomic E-state index is 13.2. The molecule has 3 rings (SSSR count). The molecular weight excluding hydrogens is 316 g/mol. The third-order valence-electron chi connectivity index (χ3n) is 3.55. The van der Waals surface area contributed by atoms with Crippen molar-refractivity contribution in [2.75, 3.05) is 11.9 Å². The van der Waals surface area contributed by atoms with E-state index in [9.17, 15) is 22.4 Å². The van der Waals surface area contributed by atoms with Gasteiger partial charge < -0.3 is 10.6 Å². The van der Waals surface area contributed by atoms with E-state index < -0.39 is 23.5 Å². The number of hydrogen-bond donors (Lipinski definition) is 3. The number of rotatable bonds is 2. The van der Waals surface area contributed by atoms with E-state index in [1.807, 2.05) is 0 Å². The number of nitrogens with zero attached hydrogens (tertiary/aromatic N) is 1. The van der Waals surface area contributed by atoms with Crippen molar-refractivity contribution in [1.29, 1.82) is 0 Å². The summed E-state index contributed by atoms with van der Waals surface area (Å²) in [6.07, 6.45) is -4.15. The fraction of sp³-hybridized carbons (Fsp3) is 0.286. The number of nitrogens with one attached hydrogen (secondary N) is 3. The van der Waals surface area contributed by atoms with Gasteiger partial charge in [-0.15, -0.1) is 0 Å². The second-order valence-electron chi connectivity index (χ2n) is 5.10. The van der Waals surface area contributed by atoms with E-state index in [2.05, 4.69) is 20.8 Å². The highest BCUT2D eigenvalue weighted by atomic mass is 19.4. The van der Waals surface area contributed by atoms with Gasteiger partial charge in [-0.25, -0.2) is 4.39 Å². The van der Waals surface area contributed by atoms with Crippen molar-refractivity contribution in [3.63, 3.8) is 0 Å². The minimum atomic E-state index is -4.83. The van der Waals surface area contributed by atoms with Gasteiger partial charge in [0.05, 0.1) is 5.56 Å². The number of anilines is 1. The Balaban J connectivity index is 1.85. The van der Waals surface area contributed by atoms with Crippen LogP contribution >= 0.6 is 0 Å². The lowest BCUT2D eigenvalue weighted by Gasteiger charge is -2.13. The van der Waals surface area contributed by atoms with E-state index in [4.69, 9.17) is 0 Å². The summed E-state index contributed by atoms with van der Waals surface area (Å²) in [6, 6.07) is 2.30. The number of carbonyl (C=O) groups excluding carboxylic acids is 1. The molecule has 0 saturated heterocycles. The Morgan fingerprint density at radius 1 is 1.30 bits per heavy atom. The number of H-pyrrole nitrogens is 1. The topological polar surface area (TPSA) is 69.8 Å². The summed E-state index contributed by atoms with van der Waals surface area (Å²) >= 11 is 0. The predicted octanol–water partition coefficient (Wildman–Crippen LogP) is 2.47. The zero-order valence-corrected chi connectivity index (χ0v) is 11.7. The molecule has 2 aromatic rings. The lowest BCUT2D eigenvalue weighted by Crippen LogP contribution is -2.25. The fourth-order valence-corrected chi connectivity index (χ4v) is 2.42. The molecule has 23 heavy (non-hydrogen) atoms. The van der Waals surface area contributed by atoms with Crippen LogP contribution in [0.15, 0.2) is 18.2 Å². The third-order valence-corrected chi connectivity index (χ3v) is 3.55. The molecule has 1 aliphatic heterocycles. The summed E-state index contributed by atoms with van der Waals surface area (Å²) in [6.45, 7) is 1.20. The van der Waals surface area contributed by atoms with E-state index >= 15 is 0 Å². The maximum Gasteiger partial charge on any atom is 0.419 e. The lowest BCUT2D eigenvalue weighted by atomic mass is 10.1. The van der Waals surface area contributed by atoms with Gasteiger partial charge >= 0.3 is 6.18 Å². The van der Waals surface area contributed by atoms with Crippen molar-refractivity contribution in [1.82, 2.24) is 15.5 Å². The van der Waals surface area contributed by atoms with Crippen molar-refractivity contribution in [3.05, 3.63) is 46.5 Å². The van der Waals surface area contributed by atoms with Crippen molar-refractivity contribution in [3.8, 4) is 0 Å². The zero-order valence-electron chi connectivity index (χ0n) is 11.7. The van der Waals surface area contributed by atoms with Crippen LogP contribution in [0.25, 0.3) is 0 Å². The second-order valence-corrected chi connectivity index (χ2v) is 5.10. The van der Waals surface area contributed by atoms with Gasteiger partial charge in [0, 0.05) is 36.5 Å². The van der Waals surface area contributed by atoms with Gasteiger partial charge in [-0.1, -0.05) is 0 Å². The summed E-state index contributed by atoms with van der Waals surface area (Å²) in [5.74, 6) is -2.04. The van der Waals surface area contributed by atoms with E-state index in [1.165, 1.54) is 0 Å². The SMILES string of the molecule is O=C(Nc1ccc(F)c(C(F)(F)F)c1)c1n[nH]c2c1CNCC2. The molecule has 0 bridgehead atoms. The van der Waals surface area contributed by atoms with E-state index in [0.29, 0.717) is 30.7 Å². The molecule has 5 nitrogen and oxygen atoms in total. The van der Waals surface area contributed by atoms with Crippen LogP contribution in [-0.4, -0.2) is 22.6 Å². The number of halogens is 4. The highest BCUT2D eigenvalue weighted by Crippen LogP contribution is 2.33. The first-order valence-electron chi connectivity index (χ1n) is 6.81. The van der Waals surface area contributed by atoms with Gasteiger partial charge in [0.2, 0.25) is 0 Å². The molecule has 122 valence electrons. The van der Waals surface area contributed by atoms with Gasteiger partial charge in [0.1, 0.15) is 5.82 Å². The lowest BCUT2D eigenvalue weighted by molar-refractivity contribution is -0.139. The number of fused-ring (bicyclic) bond motifs is 1. The quantitative estimate of drug-likeness (QED) is 0.742. The molecule has 9 heteroatoms. The second kappa shape index (κ2) is 5.65. The minimum Gasteiger partial charge on any atom is -0.321 e. The number of hydrogen-bond acceptors (Lipinski definition) is 3. The average Bonchev–Trinajstić information content (AvgIpc) is 2.92. The monoisotopic (exact) mass is 328 g/mol. The third kappa shape index (κ3) is 3.04. The number of amides is 1. The van der Waals surface area contributed by atoms with Crippen LogP contribution in [0.2, 0.25) is 0 Å². The summed E-state index contributed by atoms with van der Waals surface area (Å²) in [7, 11) is 0. The standard InChI is InChI=1S/C14H12F4N4O/c15-10-2-1-7(5-9(10)14(16,17)18)20-13(23)12-8-6-19-4-3-11(8)21-22-12/h1-2,5,19H,3-4,6H2,(H,20,23)(H,21,22). The molecule has 1 aliphatic rings. The molecule has 3 N–H and O–H groups in total. The average molecular weight is 328 g/mol. The van der Waals surface area contributed by atoms with Gasteiger partial charge in [-0.2, -0.15) is 18.3 Å². The molecule has 0 spiro atoms. The number of aromatic nitrogens is 2. The number of benzene rings is 1. The molecule has 1 aromatic heterocycles. The van der Waals surface area contributed by atoms with Crippen LogP contribution < -0.4 is 10.6 Å². The van der Waals surface area contributed by atoms with Crippen molar-refractivity contribution in [2.45, 2.75) is 19.1 Å². The smallest absolute Gasteiger partial charge is 0.321 e. The van der Waals surface area contributed by atoms with Crippen molar-refractivity contribution < 1.29 is 22.4 Å². The molecule has 0 saturated carbocycles. The Hall–Kier alpha value is -2.42. The van der Waals surface area contributed by atoms with Crippen LogP contribution in [0, 0.1) is 5.82 Å². The largest absolute Gasteiger partial charge is 0.419 e. The van der Waals surface area contributed by atoms with Crippen LogP contribution in [-0.2, 0) is 19.1 Å².